The van der Waals surface area contributed by atoms with Gasteiger partial charge in [0.1, 0.15) is 11.3 Å². The molecule has 0 spiro atoms. The van der Waals surface area contributed by atoms with Crippen LogP contribution in [0.2, 0.25) is 0 Å². The molecule has 3 aromatic rings. The fourth-order valence-electron chi connectivity index (χ4n) is 2.14. The second kappa shape index (κ2) is 6.67. The number of rotatable bonds is 3. The predicted molar refractivity (Wildman–Crippen MR) is 95.4 cm³/mol. The molecule has 0 aliphatic rings. The highest BCUT2D eigenvalue weighted by Crippen LogP contribution is 2.19. The maximum absolute atomic E-state index is 12.1. The molecule has 0 saturated heterocycles. The topological polar surface area (TPSA) is 76.4 Å². The number of hydrogen-bond acceptors (Lipinski definition) is 5. The van der Waals surface area contributed by atoms with Gasteiger partial charge in [-0.05, 0) is 61.1 Å². The third-order valence-corrected chi connectivity index (χ3v) is 3.55. The lowest BCUT2D eigenvalue weighted by Gasteiger charge is -2.07. The van der Waals surface area contributed by atoms with E-state index in [1.807, 2.05) is 25.1 Å². The maximum Gasteiger partial charge on any atom is 0.302 e. The predicted octanol–water partition coefficient (Wildman–Crippen LogP) is 3.27. The van der Waals surface area contributed by atoms with Gasteiger partial charge in [0.05, 0.1) is 7.11 Å². The molecule has 7 heteroatoms. The number of nitrogens with zero attached hydrogens (tertiary/aromatic N) is 1. The number of ether oxygens (including phenoxy) is 1. The fraction of sp³-hybridized carbons (Fsp3) is 0.118. The van der Waals surface area contributed by atoms with Crippen LogP contribution in [0.3, 0.4) is 0 Å². The van der Waals surface area contributed by atoms with Gasteiger partial charge in [0.2, 0.25) is 0 Å². The summed E-state index contributed by atoms with van der Waals surface area (Å²) in [7, 11) is 1.57. The molecular weight excluding hydrogens is 326 g/mol. The molecule has 2 N–H and O–H groups in total. The largest absolute Gasteiger partial charge is 0.497 e. The third kappa shape index (κ3) is 3.52. The first-order chi connectivity index (χ1) is 11.5. The van der Waals surface area contributed by atoms with Gasteiger partial charge in [0, 0.05) is 5.56 Å². The SMILES string of the molecule is COc1ccc(C(=O)NC(=S)Nc2nc3cc(C)ccc3o2)cc1. The van der Waals surface area contributed by atoms with Crippen molar-refractivity contribution in [2.24, 2.45) is 0 Å². The number of oxazole rings is 1. The van der Waals surface area contributed by atoms with Gasteiger partial charge in [0.15, 0.2) is 10.7 Å². The van der Waals surface area contributed by atoms with Crippen LogP contribution in [0, 0.1) is 6.92 Å². The summed E-state index contributed by atoms with van der Waals surface area (Å²) in [5, 5.41) is 5.46. The van der Waals surface area contributed by atoms with E-state index in [-0.39, 0.29) is 17.0 Å². The molecule has 0 fully saturated rings. The third-order valence-electron chi connectivity index (χ3n) is 3.34. The lowest BCUT2D eigenvalue weighted by atomic mass is 10.2. The molecule has 2 aromatic carbocycles. The van der Waals surface area contributed by atoms with Crippen molar-refractivity contribution in [3.05, 3.63) is 53.6 Å². The average molecular weight is 341 g/mol. The Morgan fingerprint density at radius 1 is 1.21 bits per heavy atom. The Labute approximate surface area is 143 Å². The summed E-state index contributed by atoms with van der Waals surface area (Å²) in [5.74, 6) is 0.344. The molecular formula is C17H15N3O3S. The van der Waals surface area contributed by atoms with Gasteiger partial charge in [-0.1, -0.05) is 6.07 Å². The number of aromatic nitrogens is 1. The number of fused-ring (bicyclic) bond motifs is 1. The summed E-state index contributed by atoms with van der Waals surface area (Å²) in [6.45, 7) is 1.97. The highest BCUT2D eigenvalue weighted by Gasteiger charge is 2.11. The Balaban J connectivity index is 1.66. The van der Waals surface area contributed by atoms with E-state index >= 15 is 0 Å². The minimum absolute atomic E-state index is 0.110. The van der Waals surface area contributed by atoms with Gasteiger partial charge >= 0.3 is 6.01 Å². The van der Waals surface area contributed by atoms with Crippen LogP contribution in [0.15, 0.2) is 46.9 Å². The average Bonchev–Trinajstić information content (AvgIpc) is 2.95. The molecule has 1 aromatic heterocycles. The van der Waals surface area contributed by atoms with Gasteiger partial charge in [-0.2, -0.15) is 4.98 Å². The normalized spacial score (nSPS) is 10.4. The molecule has 3 rings (SSSR count). The Bertz CT molecular complexity index is 903. The number of methoxy groups -OCH3 is 1. The summed E-state index contributed by atoms with van der Waals surface area (Å²) in [6, 6.07) is 12.6. The summed E-state index contributed by atoms with van der Waals surface area (Å²) in [4.78, 5) is 16.4. The molecule has 0 radical (unpaired) electrons. The lowest BCUT2D eigenvalue weighted by molar-refractivity contribution is 0.0977. The molecule has 1 heterocycles. The Kier molecular flexibility index (Phi) is 4.43. The van der Waals surface area contributed by atoms with Crippen LogP contribution in [0.25, 0.3) is 11.1 Å². The van der Waals surface area contributed by atoms with Crippen LogP contribution >= 0.6 is 12.2 Å². The van der Waals surface area contributed by atoms with Gasteiger partial charge in [-0.25, -0.2) is 0 Å². The zero-order valence-corrected chi connectivity index (χ0v) is 13.9. The molecule has 0 saturated carbocycles. The van der Waals surface area contributed by atoms with Gasteiger partial charge in [0.25, 0.3) is 5.91 Å². The molecule has 0 bridgehead atoms. The van der Waals surface area contributed by atoms with Crippen LogP contribution < -0.4 is 15.4 Å². The van der Waals surface area contributed by atoms with Crippen molar-refractivity contribution in [2.45, 2.75) is 6.92 Å². The first kappa shape index (κ1) is 15.9. The number of aryl methyl sites for hydroxylation is 1. The number of carbonyl (C=O) groups excluding carboxylic acids is 1. The number of anilines is 1. The minimum atomic E-state index is -0.331. The highest BCUT2D eigenvalue weighted by atomic mass is 32.1. The quantitative estimate of drug-likeness (QED) is 0.712. The maximum atomic E-state index is 12.1. The van der Waals surface area contributed by atoms with Gasteiger partial charge in [-0.15, -0.1) is 0 Å². The second-order valence-corrected chi connectivity index (χ2v) is 5.54. The summed E-state index contributed by atoms with van der Waals surface area (Å²) in [6.07, 6.45) is 0. The number of thiocarbonyl (C=S) groups is 1. The number of carbonyl (C=O) groups is 1. The number of amides is 1. The van der Waals surface area contributed by atoms with Gasteiger partial charge < -0.3 is 9.15 Å². The van der Waals surface area contributed by atoms with Crippen LogP contribution in [0.4, 0.5) is 6.01 Å². The molecule has 0 aliphatic heterocycles. The number of hydrogen-bond donors (Lipinski definition) is 2. The Morgan fingerprint density at radius 3 is 2.67 bits per heavy atom. The van der Waals surface area contributed by atoms with Crippen LogP contribution in [-0.2, 0) is 0 Å². The molecule has 122 valence electrons. The second-order valence-electron chi connectivity index (χ2n) is 5.13. The van der Waals surface area contributed by atoms with Crippen molar-refractivity contribution >= 4 is 40.4 Å². The van der Waals surface area contributed by atoms with Crippen molar-refractivity contribution in [1.82, 2.24) is 10.3 Å². The van der Waals surface area contributed by atoms with E-state index in [0.717, 1.165) is 11.1 Å². The summed E-state index contributed by atoms with van der Waals surface area (Å²) in [5.41, 5.74) is 2.92. The summed E-state index contributed by atoms with van der Waals surface area (Å²) < 4.78 is 10.6. The molecule has 24 heavy (non-hydrogen) atoms. The summed E-state index contributed by atoms with van der Waals surface area (Å²) >= 11 is 5.12. The zero-order chi connectivity index (χ0) is 17.1. The Morgan fingerprint density at radius 2 is 1.96 bits per heavy atom. The fourth-order valence-corrected chi connectivity index (χ4v) is 2.32. The molecule has 1 amide bonds. The van der Waals surface area contributed by atoms with Gasteiger partial charge in [-0.3, -0.25) is 15.4 Å². The molecule has 0 unspecified atom stereocenters. The van der Waals surface area contributed by atoms with Crippen molar-refractivity contribution in [2.75, 3.05) is 12.4 Å². The van der Waals surface area contributed by atoms with E-state index in [2.05, 4.69) is 15.6 Å². The van der Waals surface area contributed by atoms with E-state index in [0.29, 0.717) is 16.9 Å². The zero-order valence-electron chi connectivity index (χ0n) is 13.1. The standard InChI is InChI=1S/C17H15N3O3S/c1-10-3-8-14-13(9-10)18-16(23-14)20-17(24)19-15(21)11-4-6-12(22-2)7-5-11/h3-9H,1-2H3,(H2,18,19,20,21,24). The van der Waals surface area contributed by atoms with E-state index in [9.17, 15) is 4.79 Å². The van der Waals surface area contributed by atoms with Crippen molar-refractivity contribution in [3.8, 4) is 5.75 Å². The molecule has 0 atom stereocenters. The van der Waals surface area contributed by atoms with Crippen LogP contribution in [-0.4, -0.2) is 23.1 Å². The lowest BCUT2D eigenvalue weighted by Crippen LogP contribution is -2.34. The van der Waals surface area contributed by atoms with Crippen molar-refractivity contribution < 1.29 is 13.9 Å². The van der Waals surface area contributed by atoms with Crippen LogP contribution in [0.5, 0.6) is 5.75 Å². The monoisotopic (exact) mass is 341 g/mol. The number of nitrogens with one attached hydrogen (secondary N) is 2. The van der Waals surface area contributed by atoms with Crippen molar-refractivity contribution in [3.63, 3.8) is 0 Å². The van der Waals surface area contributed by atoms with Crippen LogP contribution in [0.1, 0.15) is 15.9 Å². The van der Waals surface area contributed by atoms with E-state index < -0.39 is 0 Å². The van der Waals surface area contributed by atoms with E-state index in [4.69, 9.17) is 21.4 Å². The smallest absolute Gasteiger partial charge is 0.302 e. The highest BCUT2D eigenvalue weighted by molar-refractivity contribution is 7.80. The number of benzene rings is 2. The van der Waals surface area contributed by atoms with E-state index in [1.54, 1.807) is 31.4 Å². The first-order valence-corrected chi connectivity index (χ1v) is 7.59. The van der Waals surface area contributed by atoms with E-state index in [1.165, 1.54) is 0 Å². The Hall–Kier alpha value is -2.93. The minimum Gasteiger partial charge on any atom is -0.497 e. The molecule has 0 aliphatic carbocycles. The van der Waals surface area contributed by atoms with Crippen molar-refractivity contribution in [1.29, 1.82) is 0 Å². The first-order valence-electron chi connectivity index (χ1n) is 7.19. The molecule has 6 nitrogen and oxygen atoms in total.